The number of benzene rings is 1. The third-order valence-electron chi connectivity index (χ3n) is 2.21. The van der Waals surface area contributed by atoms with Gasteiger partial charge in [0, 0.05) is 16.5 Å². The number of hydrogen-bond acceptors (Lipinski definition) is 3. The monoisotopic (exact) mass is 272 g/mol. The molecule has 0 aromatic heterocycles. The first-order chi connectivity index (χ1) is 7.11. The van der Waals surface area contributed by atoms with E-state index in [2.05, 4.69) is 15.9 Å². The second-order valence-electron chi connectivity index (χ2n) is 3.24. The summed E-state index contributed by atoms with van der Waals surface area (Å²) in [6.45, 7) is 1.91. The molecule has 1 N–H and O–H groups in total. The molecule has 4 heteroatoms. The van der Waals surface area contributed by atoms with Gasteiger partial charge in [0.25, 0.3) is 0 Å². The number of halogens is 1. The summed E-state index contributed by atoms with van der Waals surface area (Å²) in [5.74, 6) is 0.549. The molecule has 82 valence electrons. The summed E-state index contributed by atoms with van der Waals surface area (Å²) in [5.41, 5.74) is 1.70. The summed E-state index contributed by atoms with van der Waals surface area (Å²) in [6.07, 6.45) is 1.73. The molecule has 0 radical (unpaired) electrons. The van der Waals surface area contributed by atoms with Crippen LogP contribution in [0.5, 0.6) is 11.5 Å². The summed E-state index contributed by atoms with van der Waals surface area (Å²) in [6, 6.07) is 1.75. The Morgan fingerprint density at radius 2 is 2.27 bits per heavy atom. The summed E-state index contributed by atoms with van der Waals surface area (Å²) in [4.78, 5) is 10.3. The lowest BCUT2D eigenvalue weighted by Gasteiger charge is -2.12. The predicted octanol–water partition coefficient (Wildman–Crippen LogP) is 2.60. The summed E-state index contributed by atoms with van der Waals surface area (Å²) < 4.78 is 5.88. The molecule has 0 fully saturated rings. The van der Waals surface area contributed by atoms with Gasteiger partial charge in [-0.1, -0.05) is 15.9 Å². The number of ether oxygens (including phenoxy) is 1. The maximum Gasteiger partial charge on any atom is 0.162 e. The highest BCUT2D eigenvalue weighted by molar-refractivity contribution is 9.10. The van der Waals surface area contributed by atoms with Crippen LogP contribution in [0, 0.1) is 6.92 Å². The molecular formula is C11H13BrO3. The minimum absolute atomic E-state index is 0.108. The zero-order chi connectivity index (χ0) is 11.4. The first-order valence-electron chi connectivity index (χ1n) is 4.60. The largest absolute Gasteiger partial charge is 0.504 e. The molecule has 3 nitrogen and oxygen atoms in total. The second kappa shape index (κ2) is 5.16. The van der Waals surface area contributed by atoms with Gasteiger partial charge in [0.15, 0.2) is 11.5 Å². The van der Waals surface area contributed by atoms with Crippen molar-refractivity contribution in [1.29, 1.82) is 0 Å². The Morgan fingerprint density at radius 3 is 2.80 bits per heavy atom. The van der Waals surface area contributed by atoms with E-state index in [1.807, 2.05) is 6.92 Å². The van der Waals surface area contributed by atoms with E-state index in [0.29, 0.717) is 18.6 Å². The smallest absolute Gasteiger partial charge is 0.162 e. The van der Waals surface area contributed by atoms with Crippen LogP contribution in [0.25, 0.3) is 0 Å². The lowest BCUT2D eigenvalue weighted by atomic mass is 10.1. The summed E-state index contributed by atoms with van der Waals surface area (Å²) >= 11 is 3.39. The van der Waals surface area contributed by atoms with E-state index >= 15 is 0 Å². The molecule has 0 aliphatic rings. The molecule has 0 unspecified atom stereocenters. The van der Waals surface area contributed by atoms with E-state index in [0.717, 1.165) is 21.9 Å². The quantitative estimate of drug-likeness (QED) is 0.858. The van der Waals surface area contributed by atoms with E-state index in [-0.39, 0.29) is 5.75 Å². The third-order valence-corrected chi connectivity index (χ3v) is 3.31. The Kier molecular flexibility index (Phi) is 4.15. The molecule has 0 amide bonds. The molecule has 15 heavy (non-hydrogen) atoms. The first-order valence-corrected chi connectivity index (χ1v) is 5.39. The van der Waals surface area contributed by atoms with Crippen molar-refractivity contribution in [2.24, 2.45) is 0 Å². The Labute approximate surface area is 97.2 Å². The zero-order valence-electron chi connectivity index (χ0n) is 8.71. The van der Waals surface area contributed by atoms with E-state index in [1.165, 1.54) is 7.11 Å². The summed E-state index contributed by atoms with van der Waals surface area (Å²) in [5, 5.41) is 9.85. The lowest BCUT2D eigenvalue weighted by molar-refractivity contribution is -0.107. The normalized spacial score (nSPS) is 10.1. The predicted molar refractivity (Wildman–Crippen MR) is 61.5 cm³/mol. The zero-order valence-corrected chi connectivity index (χ0v) is 10.3. The maximum absolute atomic E-state index is 10.3. The van der Waals surface area contributed by atoms with Crippen LogP contribution in [0.1, 0.15) is 17.5 Å². The van der Waals surface area contributed by atoms with Gasteiger partial charge in [-0.05, 0) is 25.0 Å². The molecule has 0 spiro atoms. The van der Waals surface area contributed by atoms with E-state index < -0.39 is 0 Å². The van der Waals surface area contributed by atoms with E-state index in [1.54, 1.807) is 6.07 Å². The third kappa shape index (κ3) is 2.50. The molecule has 0 aliphatic carbocycles. The van der Waals surface area contributed by atoms with Crippen LogP contribution in [0.15, 0.2) is 10.5 Å². The molecule has 0 atom stereocenters. The number of carbonyl (C=O) groups excluding carboxylic acids is 1. The van der Waals surface area contributed by atoms with Gasteiger partial charge in [-0.3, -0.25) is 0 Å². The Hall–Kier alpha value is -1.03. The highest BCUT2D eigenvalue weighted by Crippen LogP contribution is 2.38. The van der Waals surface area contributed by atoms with Crippen molar-refractivity contribution in [3.63, 3.8) is 0 Å². The number of aromatic hydroxyl groups is 1. The van der Waals surface area contributed by atoms with Gasteiger partial charge in [0.05, 0.1) is 7.11 Å². The highest BCUT2D eigenvalue weighted by Gasteiger charge is 2.14. The van der Waals surface area contributed by atoms with Gasteiger partial charge in [-0.25, -0.2) is 0 Å². The van der Waals surface area contributed by atoms with Crippen molar-refractivity contribution in [1.82, 2.24) is 0 Å². The SMILES string of the molecule is COc1cc(C)c(Br)c(CCC=O)c1O. The minimum Gasteiger partial charge on any atom is -0.504 e. The van der Waals surface area contributed by atoms with Gasteiger partial charge < -0.3 is 14.6 Å². The molecule has 1 rings (SSSR count). The van der Waals surface area contributed by atoms with Crippen molar-refractivity contribution in [2.45, 2.75) is 19.8 Å². The van der Waals surface area contributed by atoms with E-state index in [9.17, 15) is 9.90 Å². The van der Waals surface area contributed by atoms with Crippen LogP contribution >= 0.6 is 15.9 Å². The second-order valence-corrected chi connectivity index (χ2v) is 4.04. The molecule has 0 heterocycles. The number of phenolic OH excluding ortho intramolecular Hbond substituents is 1. The van der Waals surface area contributed by atoms with Crippen LogP contribution in [0.3, 0.4) is 0 Å². The fourth-order valence-electron chi connectivity index (χ4n) is 1.41. The molecule has 0 aliphatic heterocycles. The van der Waals surface area contributed by atoms with Crippen LogP contribution in [0.2, 0.25) is 0 Å². The fraction of sp³-hybridized carbons (Fsp3) is 0.364. The number of aryl methyl sites for hydroxylation is 1. The van der Waals surface area contributed by atoms with Crippen molar-refractivity contribution in [3.8, 4) is 11.5 Å². The topological polar surface area (TPSA) is 46.5 Å². The number of carbonyl (C=O) groups is 1. The maximum atomic E-state index is 10.3. The van der Waals surface area contributed by atoms with Gasteiger partial charge >= 0.3 is 0 Å². The van der Waals surface area contributed by atoms with Crippen molar-refractivity contribution in [3.05, 3.63) is 21.7 Å². The number of phenols is 1. The van der Waals surface area contributed by atoms with Gasteiger partial charge in [-0.15, -0.1) is 0 Å². The fourth-order valence-corrected chi connectivity index (χ4v) is 1.91. The average Bonchev–Trinajstić information content (AvgIpc) is 2.23. The summed E-state index contributed by atoms with van der Waals surface area (Å²) in [7, 11) is 1.51. The van der Waals surface area contributed by atoms with Crippen molar-refractivity contribution >= 4 is 22.2 Å². The van der Waals surface area contributed by atoms with Crippen LogP contribution in [-0.4, -0.2) is 18.5 Å². The number of methoxy groups -OCH3 is 1. The molecule has 0 bridgehead atoms. The Bertz CT molecular complexity index is 375. The molecule has 1 aromatic carbocycles. The van der Waals surface area contributed by atoms with E-state index in [4.69, 9.17) is 4.74 Å². The first kappa shape index (κ1) is 12.0. The van der Waals surface area contributed by atoms with Gasteiger partial charge in [0.2, 0.25) is 0 Å². The highest BCUT2D eigenvalue weighted by atomic mass is 79.9. The van der Waals surface area contributed by atoms with Crippen molar-refractivity contribution in [2.75, 3.05) is 7.11 Å². The molecule has 0 saturated carbocycles. The number of rotatable bonds is 4. The van der Waals surface area contributed by atoms with Crippen LogP contribution < -0.4 is 4.74 Å². The Morgan fingerprint density at radius 1 is 1.60 bits per heavy atom. The standard InChI is InChI=1S/C11H13BrO3/c1-7-6-9(15-2)11(14)8(10(7)12)4-3-5-13/h5-6,14H,3-4H2,1-2H3. The van der Waals surface area contributed by atoms with Crippen LogP contribution in [-0.2, 0) is 11.2 Å². The average molecular weight is 273 g/mol. The number of aldehydes is 1. The molecule has 0 saturated heterocycles. The van der Waals surface area contributed by atoms with Gasteiger partial charge in [0.1, 0.15) is 6.29 Å². The lowest BCUT2D eigenvalue weighted by Crippen LogP contribution is -1.95. The molecular weight excluding hydrogens is 260 g/mol. The molecule has 1 aromatic rings. The van der Waals surface area contributed by atoms with Gasteiger partial charge in [-0.2, -0.15) is 0 Å². The number of hydrogen-bond donors (Lipinski definition) is 1. The Balaban J connectivity index is 3.20. The minimum atomic E-state index is 0.108. The van der Waals surface area contributed by atoms with Crippen LogP contribution in [0.4, 0.5) is 0 Å². The van der Waals surface area contributed by atoms with Crippen molar-refractivity contribution < 1.29 is 14.6 Å².